The molecule has 2 aromatic carbocycles. The molecule has 0 fully saturated rings. The van der Waals surface area contributed by atoms with Crippen molar-refractivity contribution in [2.75, 3.05) is 13.6 Å². The Kier molecular flexibility index (Phi) is 12.8. The van der Waals surface area contributed by atoms with Crippen molar-refractivity contribution in [2.24, 2.45) is 0 Å². The van der Waals surface area contributed by atoms with E-state index in [2.05, 4.69) is 12.2 Å². The number of unbranched alkanes of at least 4 members (excludes halogenated alkanes) is 2. The molecule has 2 rings (SSSR count). The van der Waals surface area contributed by atoms with E-state index in [1.54, 1.807) is 36.4 Å². The van der Waals surface area contributed by atoms with Crippen LogP contribution in [0.4, 0.5) is 0 Å². The first-order valence-electron chi connectivity index (χ1n) is 9.10. The molecule has 0 atom stereocenters. The summed E-state index contributed by atoms with van der Waals surface area (Å²) in [5.41, 5.74) is 2.37. The molecule has 0 aliphatic rings. The molecule has 0 amide bonds. The molecule has 0 spiro atoms. The van der Waals surface area contributed by atoms with E-state index < -0.39 is 16.1 Å². The van der Waals surface area contributed by atoms with Crippen molar-refractivity contribution in [2.45, 2.75) is 44.9 Å². The Morgan fingerprint density at radius 3 is 1.75 bits per heavy atom. The molecular formula is C21H31NO5S. The van der Waals surface area contributed by atoms with Gasteiger partial charge >= 0.3 is 5.97 Å². The monoisotopic (exact) mass is 409 g/mol. The van der Waals surface area contributed by atoms with Crippen molar-refractivity contribution in [3.8, 4) is 0 Å². The highest BCUT2D eigenvalue weighted by Gasteiger charge is 2.06. The molecule has 28 heavy (non-hydrogen) atoms. The zero-order chi connectivity index (χ0) is 21.6. The van der Waals surface area contributed by atoms with Crippen molar-refractivity contribution in [3.63, 3.8) is 0 Å². The summed E-state index contributed by atoms with van der Waals surface area (Å²) in [7, 11) is -2.02. The number of carboxylic acid groups (broad SMARTS) is 1. The predicted molar refractivity (Wildman–Crippen MR) is 113 cm³/mol. The van der Waals surface area contributed by atoms with Gasteiger partial charge in [-0.2, -0.15) is 8.42 Å². The Morgan fingerprint density at radius 1 is 0.929 bits per heavy atom. The second-order valence-electron chi connectivity index (χ2n) is 6.27. The van der Waals surface area contributed by atoms with E-state index in [1.807, 2.05) is 20.9 Å². The molecule has 0 heterocycles. The van der Waals surface area contributed by atoms with Crippen molar-refractivity contribution < 1.29 is 22.9 Å². The maximum atomic E-state index is 10.5. The van der Waals surface area contributed by atoms with Gasteiger partial charge in [0.1, 0.15) is 0 Å². The fraction of sp³-hybridized carbons (Fsp3) is 0.381. The lowest BCUT2D eigenvalue weighted by atomic mass is 10.2. The Balaban J connectivity index is 0.000000402. The SMILES string of the molecule is CCCCCNC.Cc1ccc(C(=O)O)cc1.Cc1ccc(S(=O)(=O)O)cc1. The molecule has 3 N–H and O–H groups in total. The van der Waals surface area contributed by atoms with Gasteiger partial charge in [0.05, 0.1) is 10.5 Å². The molecular weight excluding hydrogens is 378 g/mol. The topological polar surface area (TPSA) is 104 Å². The molecule has 0 aromatic heterocycles. The van der Waals surface area contributed by atoms with E-state index in [1.165, 1.54) is 37.9 Å². The molecule has 0 saturated carbocycles. The van der Waals surface area contributed by atoms with Crippen molar-refractivity contribution in [1.82, 2.24) is 5.32 Å². The highest BCUT2D eigenvalue weighted by molar-refractivity contribution is 7.85. The summed E-state index contributed by atoms with van der Waals surface area (Å²) < 4.78 is 29.6. The Morgan fingerprint density at radius 2 is 1.39 bits per heavy atom. The van der Waals surface area contributed by atoms with Crippen LogP contribution in [0.1, 0.15) is 47.7 Å². The molecule has 2 aromatic rings. The van der Waals surface area contributed by atoms with E-state index in [4.69, 9.17) is 9.66 Å². The number of hydrogen-bond acceptors (Lipinski definition) is 4. The van der Waals surface area contributed by atoms with Gasteiger partial charge in [0.2, 0.25) is 0 Å². The first-order chi connectivity index (χ1) is 13.1. The second-order valence-corrected chi connectivity index (χ2v) is 7.69. The van der Waals surface area contributed by atoms with E-state index in [9.17, 15) is 13.2 Å². The van der Waals surface area contributed by atoms with Crippen LogP contribution in [0.2, 0.25) is 0 Å². The average molecular weight is 410 g/mol. The lowest BCUT2D eigenvalue weighted by Crippen LogP contribution is -2.06. The van der Waals surface area contributed by atoms with Gasteiger partial charge in [-0.3, -0.25) is 4.55 Å². The summed E-state index contributed by atoms with van der Waals surface area (Å²) in [5.74, 6) is -0.875. The van der Waals surface area contributed by atoms with Crippen LogP contribution in [-0.4, -0.2) is 37.6 Å². The Hall–Kier alpha value is -2.22. The third kappa shape index (κ3) is 12.2. The maximum absolute atomic E-state index is 10.5. The fourth-order valence-electron chi connectivity index (χ4n) is 1.96. The largest absolute Gasteiger partial charge is 0.478 e. The van der Waals surface area contributed by atoms with E-state index >= 15 is 0 Å². The smallest absolute Gasteiger partial charge is 0.335 e. The van der Waals surface area contributed by atoms with E-state index in [-0.39, 0.29) is 4.90 Å². The van der Waals surface area contributed by atoms with E-state index in [0.717, 1.165) is 11.1 Å². The third-order valence-corrected chi connectivity index (χ3v) is 4.52. The highest BCUT2D eigenvalue weighted by atomic mass is 32.2. The van der Waals surface area contributed by atoms with Crippen molar-refractivity contribution in [1.29, 1.82) is 0 Å². The fourth-order valence-corrected chi connectivity index (χ4v) is 2.44. The first-order valence-corrected chi connectivity index (χ1v) is 10.5. The number of rotatable bonds is 6. The summed E-state index contributed by atoms with van der Waals surface area (Å²) in [6.45, 7) is 7.16. The number of aromatic carboxylic acids is 1. The third-order valence-electron chi connectivity index (χ3n) is 3.65. The molecule has 0 aliphatic carbocycles. The van der Waals surface area contributed by atoms with Gasteiger partial charge in [0.15, 0.2) is 0 Å². The Bertz CT molecular complexity index is 781. The number of benzene rings is 2. The van der Waals surface area contributed by atoms with Gasteiger partial charge in [-0.25, -0.2) is 4.79 Å². The van der Waals surface area contributed by atoms with Crippen LogP contribution in [0.15, 0.2) is 53.4 Å². The first kappa shape index (κ1) is 25.8. The number of hydrogen-bond donors (Lipinski definition) is 3. The van der Waals surface area contributed by atoms with Crippen LogP contribution >= 0.6 is 0 Å². The number of aryl methyl sites for hydroxylation is 2. The maximum Gasteiger partial charge on any atom is 0.335 e. The van der Waals surface area contributed by atoms with Gasteiger partial charge in [-0.1, -0.05) is 55.2 Å². The average Bonchev–Trinajstić information content (AvgIpc) is 2.63. The summed E-state index contributed by atoms with van der Waals surface area (Å²) in [6, 6.07) is 12.7. The number of nitrogens with one attached hydrogen (secondary N) is 1. The quantitative estimate of drug-likeness (QED) is 0.485. The molecule has 156 valence electrons. The minimum Gasteiger partial charge on any atom is -0.478 e. The summed E-state index contributed by atoms with van der Waals surface area (Å²) in [5, 5.41) is 11.6. The number of carboxylic acids is 1. The van der Waals surface area contributed by atoms with Gasteiger partial charge in [-0.05, 0) is 58.1 Å². The summed E-state index contributed by atoms with van der Waals surface area (Å²) in [4.78, 5) is 10.2. The normalized spacial score (nSPS) is 10.2. The van der Waals surface area contributed by atoms with Crippen LogP contribution in [0.3, 0.4) is 0 Å². The molecule has 7 heteroatoms. The molecule has 0 radical (unpaired) electrons. The van der Waals surface area contributed by atoms with Crippen LogP contribution in [0.25, 0.3) is 0 Å². The summed E-state index contributed by atoms with van der Waals surface area (Å²) in [6.07, 6.45) is 4.01. The standard InChI is InChI=1S/C8H8O2.C7H8O3S.C6H15N/c1-6-2-4-7(5-3-6)8(9)10;1-6-2-4-7(5-3-6)11(8,9)10;1-3-4-5-6-7-2/h2-5H,1H3,(H,9,10);2-5H,1H3,(H,8,9,10);7H,3-6H2,1-2H3. The van der Waals surface area contributed by atoms with Crippen molar-refractivity contribution >= 4 is 16.1 Å². The lowest BCUT2D eigenvalue weighted by Gasteiger charge is -1.95. The molecule has 0 saturated heterocycles. The van der Waals surface area contributed by atoms with Crippen LogP contribution < -0.4 is 5.32 Å². The molecule has 0 bridgehead atoms. The minimum absolute atomic E-state index is 0.0666. The highest BCUT2D eigenvalue weighted by Crippen LogP contribution is 2.08. The van der Waals surface area contributed by atoms with Crippen LogP contribution in [0, 0.1) is 13.8 Å². The molecule has 6 nitrogen and oxygen atoms in total. The van der Waals surface area contributed by atoms with Crippen LogP contribution in [-0.2, 0) is 10.1 Å². The van der Waals surface area contributed by atoms with Gasteiger partial charge in [-0.15, -0.1) is 0 Å². The van der Waals surface area contributed by atoms with Crippen molar-refractivity contribution in [3.05, 3.63) is 65.2 Å². The lowest BCUT2D eigenvalue weighted by molar-refractivity contribution is 0.0697. The molecule has 0 unspecified atom stereocenters. The zero-order valence-corrected chi connectivity index (χ0v) is 17.8. The van der Waals surface area contributed by atoms with Gasteiger partial charge < -0.3 is 10.4 Å². The van der Waals surface area contributed by atoms with Crippen LogP contribution in [0.5, 0.6) is 0 Å². The van der Waals surface area contributed by atoms with Gasteiger partial charge in [0, 0.05) is 0 Å². The van der Waals surface area contributed by atoms with Gasteiger partial charge in [0.25, 0.3) is 10.1 Å². The molecule has 0 aliphatic heterocycles. The predicted octanol–water partition coefficient (Wildman–Crippen LogP) is 4.33. The summed E-state index contributed by atoms with van der Waals surface area (Å²) >= 11 is 0. The minimum atomic E-state index is -4.02. The number of carbonyl (C=O) groups is 1. The Labute approximate surface area is 168 Å². The van der Waals surface area contributed by atoms with E-state index in [0.29, 0.717) is 5.56 Å². The zero-order valence-electron chi connectivity index (χ0n) is 17.0. The second kappa shape index (κ2) is 13.9.